The molecule has 0 aliphatic heterocycles. The molecular formula is C14H14ClN3O2. The molecule has 0 saturated carbocycles. The van der Waals surface area contributed by atoms with Crippen molar-refractivity contribution in [1.29, 1.82) is 0 Å². The van der Waals surface area contributed by atoms with Gasteiger partial charge in [0.25, 0.3) is 5.91 Å². The number of nitrogens with two attached hydrogens (primary N) is 1. The lowest BCUT2D eigenvalue weighted by Crippen LogP contribution is -2.14. The quantitative estimate of drug-likeness (QED) is 0.673. The zero-order valence-corrected chi connectivity index (χ0v) is 11.9. The summed E-state index contributed by atoms with van der Waals surface area (Å²) in [6.45, 7) is 1.84. The number of aryl methyl sites for hydroxylation is 1. The first-order chi connectivity index (χ1) is 9.51. The van der Waals surface area contributed by atoms with Crippen LogP contribution in [-0.2, 0) is 0 Å². The van der Waals surface area contributed by atoms with Gasteiger partial charge < -0.3 is 15.8 Å². The predicted molar refractivity (Wildman–Crippen MR) is 79.3 cm³/mol. The Morgan fingerprint density at radius 3 is 2.80 bits per heavy atom. The maximum atomic E-state index is 12.2. The van der Waals surface area contributed by atoms with Crippen LogP contribution in [0, 0.1) is 6.92 Å². The number of nitrogen functional groups attached to an aromatic ring is 1. The van der Waals surface area contributed by atoms with E-state index < -0.39 is 0 Å². The Morgan fingerprint density at radius 2 is 2.15 bits per heavy atom. The Kier molecular flexibility index (Phi) is 4.10. The monoisotopic (exact) mass is 291 g/mol. The molecule has 0 fully saturated rings. The second-order valence-corrected chi connectivity index (χ2v) is 4.60. The smallest absolute Gasteiger partial charge is 0.255 e. The van der Waals surface area contributed by atoms with Gasteiger partial charge in [0.1, 0.15) is 5.75 Å². The Bertz CT molecular complexity index is 639. The first-order valence-corrected chi connectivity index (χ1v) is 6.26. The van der Waals surface area contributed by atoms with E-state index in [0.717, 1.165) is 5.56 Å². The van der Waals surface area contributed by atoms with Crippen LogP contribution >= 0.6 is 11.6 Å². The van der Waals surface area contributed by atoms with Crippen LogP contribution in [-0.4, -0.2) is 18.0 Å². The van der Waals surface area contributed by atoms with E-state index in [2.05, 4.69) is 10.3 Å². The van der Waals surface area contributed by atoms with Crippen molar-refractivity contribution in [2.75, 3.05) is 18.2 Å². The summed E-state index contributed by atoms with van der Waals surface area (Å²) < 4.78 is 5.09. The summed E-state index contributed by atoms with van der Waals surface area (Å²) in [6, 6.07) is 6.57. The van der Waals surface area contributed by atoms with E-state index >= 15 is 0 Å². The van der Waals surface area contributed by atoms with Crippen LogP contribution < -0.4 is 15.8 Å². The molecule has 2 rings (SSSR count). The van der Waals surface area contributed by atoms with Gasteiger partial charge >= 0.3 is 0 Å². The molecule has 3 N–H and O–H groups in total. The summed E-state index contributed by atoms with van der Waals surface area (Å²) in [4.78, 5) is 16.2. The second kappa shape index (κ2) is 5.79. The van der Waals surface area contributed by atoms with Crippen molar-refractivity contribution in [3.8, 4) is 5.75 Å². The van der Waals surface area contributed by atoms with Gasteiger partial charge in [-0.25, -0.2) is 4.98 Å². The third-order valence-electron chi connectivity index (χ3n) is 2.78. The minimum atomic E-state index is -0.325. The molecule has 0 unspecified atom stereocenters. The molecule has 1 amide bonds. The number of halogens is 1. The lowest BCUT2D eigenvalue weighted by atomic mass is 10.1. The van der Waals surface area contributed by atoms with Crippen LogP contribution in [0.15, 0.2) is 30.5 Å². The maximum absolute atomic E-state index is 12.2. The largest absolute Gasteiger partial charge is 0.497 e. The fourth-order valence-electron chi connectivity index (χ4n) is 1.73. The average molecular weight is 292 g/mol. The fraction of sp³-hybridized carbons (Fsp3) is 0.143. The Hall–Kier alpha value is -2.27. The van der Waals surface area contributed by atoms with E-state index in [1.807, 2.05) is 6.92 Å². The van der Waals surface area contributed by atoms with E-state index in [1.54, 1.807) is 30.5 Å². The molecule has 5 nitrogen and oxygen atoms in total. The summed E-state index contributed by atoms with van der Waals surface area (Å²) >= 11 is 5.98. The topological polar surface area (TPSA) is 77.2 Å². The first kappa shape index (κ1) is 14.1. The number of methoxy groups -OCH3 is 1. The van der Waals surface area contributed by atoms with E-state index in [1.165, 1.54) is 7.11 Å². The van der Waals surface area contributed by atoms with Gasteiger partial charge in [-0.05, 0) is 30.7 Å². The highest BCUT2D eigenvalue weighted by Gasteiger charge is 2.12. The molecule has 104 valence electrons. The zero-order chi connectivity index (χ0) is 14.7. The van der Waals surface area contributed by atoms with Gasteiger partial charge in [0.2, 0.25) is 0 Å². The van der Waals surface area contributed by atoms with Gasteiger partial charge in [-0.3, -0.25) is 4.79 Å². The van der Waals surface area contributed by atoms with Gasteiger partial charge in [0.15, 0.2) is 5.15 Å². The standard InChI is InChI=1S/C14H14ClN3O2/c1-8-3-4-17-13(15)12(8)18-14(19)9-5-10(16)7-11(6-9)20-2/h3-7H,16H2,1-2H3,(H,18,19). The van der Waals surface area contributed by atoms with Gasteiger partial charge in [-0.1, -0.05) is 11.6 Å². The number of anilines is 2. The highest BCUT2D eigenvalue weighted by molar-refractivity contribution is 6.32. The van der Waals surface area contributed by atoms with Crippen molar-refractivity contribution >= 4 is 28.9 Å². The summed E-state index contributed by atoms with van der Waals surface area (Å²) in [5.41, 5.74) is 7.88. The Balaban J connectivity index is 2.31. The molecule has 0 radical (unpaired) electrons. The highest BCUT2D eigenvalue weighted by Crippen LogP contribution is 2.25. The number of ether oxygens (including phenoxy) is 1. The number of pyridine rings is 1. The number of aromatic nitrogens is 1. The van der Waals surface area contributed by atoms with Crippen molar-refractivity contribution in [1.82, 2.24) is 4.98 Å². The van der Waals surface area contributed by atoms with Crippen molar-refractivity contribution < 1.29 is 9.53 Å². The van der Waals surface area contributed by atoms with Crippen molar-refractivity contribution in [3.05, 3.63) is 46.7 Å². The van der Waals surface area contributed by atoms with Crippen LogP contribution in [0.2, 0.25) is 5.15 Å². The van der Waals surface area contributed by atoms with Gasteiger partial charge in [0.05, 0.1) is 12.8 Å². The van der Waals surface area contributed by atoms with Crippen molar-refractivity contribution in [2.24, 2.45) is 0 Å². The number of benzene rings is 1. The lowest BCUT2D eigenvalue weighted by Gasteiger charge is -2.10. The number of carbonyl (C=O) groups is 1. The molecular weight excluding hydrogens is 278 g/mol. The molecule has 0 spiro atoms. The van der Waals surface area contributed by atoms with Crippen molar-refractivity contribution in [2.45, 2.75) is 6.92 Å². The number of carbonyl (C=O) groups excluding carboxylic acids is 1. The normalized spacial score (nSPS) is 10.2. The maximum Gasteiger partial charge on any atom is 0.255 e. The first-order valence-electron chi connectivity index (χ1n) is 5.88. The molecule has 1 aromatic heterocycles. The summed E-state index contributed by atoms with van der Waals surface area (Å²) in [6.07, 6.45) is 1.58. The summed E-state index contributed by atoms with van der Waals surface area (Å²) in [5, 5.41) is 2.97. The molecule has 1 heterocycles. The third-order valence-corrected chi connectivity index (χ3v) is 3.06. The average Bonchev–Trinajstić information content (AvgIpc) is 2.42. The fourth-order valence-corrected chi connectivity index (χ4v) is 1.98. The molecule has 1 aromatic carbocycles. The molecule has 0 bridgehead atoms. The third kappa shape index (κ3) is 3.00. The second-order valence-electron chi connectivity index (χ2n) is 4.24. The van der Waals surface area contributed by atoms with E-state index in [9.17, 15) is 4.79 Å². The van der Waals surface area contributed by atoms with Gasteiger partial charge in [-0.2, -0.15) is 0 Å². The van der Waals surface area contributed by atoms with Crippen molar-refractivity contribution in [3.63, 3.8) is 0 Å². The van der Waals surface area contributed by atoms with Crippen LogP contribution in [0.5, 0.6) is 5.75 Å². The van der Waals surface area contributed by atoms with Crippen LogP contribution in [0.25, 0.3) is 0 Å². The van der Waals surface area contributed by atoms with Crippen LogP contribution in [0.3, 0.4) is 0 Å². The molecule has 0 aliphatic rings. The zero-order valence-electron chi connectivity index (χ0n) is 11.1. The molecule has 0 aliphatic carbocycles. The lowest BCUT2D eigenvalue weighted by molar-refractivity contribution is 0.102. The number of nitrogens with one attached hydrogen (secondary N) is 1. The number of nitrogens with zero attached hydrogens (tertiary/aromatic N) is 1. The molecule has 6 heteroatoms. The summed E-state index contributed by atoms with van der Waals surface area (Å²) in [7, 11) is 1.51. The number of amides is 1. The minimum Gasteiger partial charge on any atom is -0.497 e. The summed E-state index contributed by atoms with van der Waals surface area (Å²) in [5.74, 6) is 0.192. The predicted octanol–water partition coefficient (Wildman–Crippen LogP) is 2.89. The number of hydrogen-bond acceptors (Lipinski definition) is 4. The number of rotatable bonds is 3. The molecule has 20 heavy (non-hydrogen) atoms. The molecule has 0 saturated heterocycles. The Morgan fingerprint density at radius 1 is 1.40 bits per heavy atom. The van der Waals surface area contributed by atoms with Crippen LogP contribution in [0.4, 0.5) is 11.4 Å². The van der Waals surface area contributed by atoms with E-state index in [4.69, 9.17) is 22.1 Å². The van der Waals surface area contributed by atoms with Gasteiger partial charge in [0, 0.05) is 23.5 Å². The van der Waals surface area contributed by atoms with E-state index in [-0.39, 0.29) is 11.1 Å². The highest BCUT2D eigenvalue weighted by atomic mass is 35.5. The minimum absolute atomic E-state index is 0.245. The molecule has 2 aromatic rings. The van der Waals surface area contributed by atoms with E-state index in [0.29, 0.717) is 22.7 Å². The van der Waals surface area contributed by atoms with Crippen LogP contribution in [0.1, 0.15) is 15.9 Å². The SMILES string of the molecule is COc1cc(N)cc(C(=O)Nc2c(C)ccnc2Cl)c1. The Labute approximate surface area is 121 Å². The number of hydrogen-bond donors (Lipinski definition) is 2. The molecule has 0 atom stereocenters. The van der Waals surface area contributed by atoms with Gasteiger partial charge in [-0.15, -0.1) is 0 Å².